The lowest BCUT2D eigenvalue weighted by Crippen LogP contribution is -2.08. The molecule has 0 saturated carbocycles. The number of ether oxygens (including phenoxy) is 1. The minimum Gasteiger partial charge on any atom is -0.457 e. The molecule has 0 aliphatic rings. The quantitative estimate of drug-likeness (QED) is 0.319. The van der Waals surface area contributed by atoms with Crippen LogP contribution in [0.15, 0.2) is 64.9 Å². The minimum atomic E-state index is 0.0926. The number of nitrogen functional groups attached to an aromatic ring is 1. The van der Waals surface area contributed by atoms with Crippen LogP contribution in [-0.2, 0) is 0 Å². The Kier molecular flexibility index (Phi) is 5.08. The molecule has 0 saturated heterocycles. The van der Waals surface area contributed by atoms with Crippen LogP contribution < -0.4 is 15.8 Å². The maximum Gasteiger partial charge on any atom is 0.133 e. The van der Waals surface area contributed by atoms with Gasteiger partial charge in [0.25, 0.3) is 0 Å². The first-order chi connectivity index (χ1) is 11.7. The third-order valence-corrected chi connectivity index (χ3v) is 5.56. The fraction of sp³-hybridized carbons (Fsp3) is 0.0556. The number of para-hydroxylation sites is 1. The maximum atomic E-state index is 7.57. The molecular formula is C18H17N3OS2. The molecule has 0 unspecified atom stereocenters. The van der Waals surface area contributed by atoms with E-state index in [0.717, 1.165) is 32.0 Å². The molecule has 0 spiro atoms. The summed E-state index contributed by atoms with van der Waals surface area (Å²) in [5, 5.41) is 10.9. The summed E-state index contributed by atoms with van der Waals surface area (Å²) in [5.41, 5.74) is 7.50. The van der Waals surface area contributed by atoms with Gasteiger partial charge < -0.3 is 15.8 Å². The molecule has 0 atom stereocenters. The van der Waals surface area contributed by atoms with Crippen molar-refractivity contribution in [1.29, 1.82) is 5.41 Å². The highest BCUT2D eigenvalue weighted by atomic mass is 32.2. The van der Waals surface area contributed by atoms with Crippen LogP contribution in [0.25, 0.3) is 0 Å². The summed E-state index contributed by atoms with van der Waals surface area (Å²) in [4.78, 5) is 0.769. The molecule has 0 fully saturated rings. The van der Waals surface area contributed by atoms with Crippen LogP contribution in [-0.4, -0.2) is 12.1 Å². The Hall–Kier alpha value is -2.44. The molecule has 4 nitrogen and oxygen atoms in total. The van der Waals surface area contributed by atoms with Crippen molar-refractivity contribution >= 4 is 40.3 Å². The smallest absolute Gasteiger partial charge is 0.133 e. The van der Waals surface area contributed by atoms with Crippen molar-refractivity contribution in [3.8, 4) is 11.5 Å². The SMILES string of the molecule is CSc1sc(C(=N)N)cc1Nc1ccc(Oc2ccccc2)cc1. The lowest BCUT2D eigenvalue weighted by atomic mass is 10.3. The molecule has 0 aliphatic carbocycles. The highest BCUT2D eigenvalue weighted by Crippen LogP contribution is 2.36. The van der Waals surface area contributed by atoms with E-state index in [2.05, 4.69) is 5.32 Å². The summed E-state index contributed by atoms with van der Waals surface area (Å²) in [6, 6.07) is 19.4. The number of thiophene rings is 1. The van der Waals surface area contributed by atoms with Crippen LogP contribution in [0.4, 0.5) is 11.4 Å². The second-order valence-electron chi connectivity index (χ2n) is 4.99. The highest BCUT2D eigenvalue weighted by molar-refractivity contribution is 8.00. The van der Waals surface area contributed by atoms with Gasteiger partial charge in [0.1, 0.15) is 17.3 Å². The van der Waals surface area contributed by atoms with Crippen LogP contribution in [0.5, 0.6) is 11.5 Å². The average molecular weight is 355 g/mol. The molecule has 2 aromatic carbocycles. The van der Waals surface area contributed by atoms with Gasteiger partial charge in [-0.1, -0.05) is 18.2 Å². The Morgan fingerprint density at radius 2 is 1.75 bits per heavy atom. The number of nitrogens with two attached hydrogens (primary N) is 1. The van der Waals surface area contributed by atoms with Crippen LogP contribution in [0.3, 0.4) is 0 Å². The van der Waals surface area contributed by atoms with Crippen molar-refractivity contribution < 1.29 is 4.74 Å². The van der Waals surface area contributed by atoms with Gasteiger partial charge in [-0.15, -0.1) is 23.1 Å². The number of amidine groups is 1. The van der Waals surface area contributed by atoms with Gasteiger partial charge in [-0.25, -0.2) is 0 Å². The van der Waals surface area contributed by atoms with Crippen molar-refractivity contribution in [3.63, 3.8) is 0 Å². The van der Waals surface area contributed by atoms with E-state index in [1.54, 1.807) is 11.8 Å². The van der Waals surface area contributed by atoms with Crippen LogP contribution in [0, 0.1) is 5.41 Å². The summed E-state index contributed by atoms with van der Waals surface area (Å²) in [7, 11) is 0. The van der Waals surface area contributed by atoms with E-state index in [0.29, 0.717) is 0 Å². The summed E-state index contributed by atoms with van der Waals surface area (Å²) in [5.74, 6) is 1.69. The first kappa shape index (κ1) is 16.4. The Morgan fingerprint density at radius 1 is 1.08 bits per heavy atom. The van der Waals surface area contributed by atoms with Crippen molar-refractivity contribution in [2.75, 3.05) is 11.6 Å². The monoisotopic (exact) mass is 355 g/mol. The summed E-state index contributed by atoms with van der Waals surface area (Å²) < 4.78 is 6.89. The number of anilines is 2. The van der Waals surface area contributed by atoms with E-state index in [4.69, 9.17) is 15.9 Å². The van der Waals surface area contributed by atoms with E-state index in [1.165, 1.54) is 11.3 Å². The zero-order valence-corrected chi connectivity index (χ0v) is 14.7. The number of rotatable bonds is 6. The molecule has 0 radical (unpaired) electrons. The third kappa shape index (κ3) is 3.90. The Bertz CT molecular complexity index is 829. The normalized spacial score (nSPS) is 10.4. The first-order valence-corrected chi connectivity index (χ1v) is 9.32. The largest absolute Gasteiger partial charge is 0.457 e. The molecule has 0 amide bonds. The highest BCUT2D eigenvalue weighted by Gasteiger charge is 2.10. The summed E-state index contributed by atoms with van der Waals surface area (Å²) >= 11 is 3.15. The Labute approximate surface area is 149 Å². The van der Waals surface area contributed by atoms with E-state index in [9.17, 15) is 0 Å². The van der Waals surface area contributed by atoms with Gasteiger partial charge in [0.2, 0.25) is 0 Å². The zero-order chi connectivity index (χ0) is 16.9. The number of hydrogen-bond donors (Lipinski definition) is 3. The molecule has 4 N–H and O–H groups in total. The standard InChI is InChI=1S/C18H17N3OS2/c1-23-18-15(11-16(24-18)17(19)20)21-12-7-9-14(10-8-12)22-13-5-3-2-4-6-13/h2-11,21H,1H3,(H3,19,20). The first-order valence-electron chi connectivity index (χ1n) is 7.28. The fourth-order valence-electron chi connectivity index (χ4n) is 2.13. The molecule has 122 valence electrons. The van der Waals surface area contributed by atoms with Crippen molar-refractivity contribution in [1.82, 2.24) is 0 Å². The number of hydrogen-bond acceptors (Lipinski definition) is 5. The second-order valence-corrected chi connectivity index (χ2v) is 7.12. The number of thioether (sulfide) groups is 1. The van der Waals surface area contributed by atoms with Gasteiger partial charge in [0.15, 0.2) is 0 Å². The number of benzene rings is 2. The molecule has 1 aromatic heterocycles. The van der Waals surface area contributed by atoms with Crippen LogP contribution >= 0.6 is 23.1 Å². The van der Waals surface area contributed by atoms with Gasteiger partial charge in [-0.3, -0.25) is 5.41 Å². The summed E-state index contributed by atoms with van der Waals surface area (Å²) in [6.07, 6.45) is 2.01. The van der Waals surface area contributed by atoms with E-state index in [1.807, 2.05) is 66.9 Å². The van der Waals surface area contributed by atoms with Gasteiger partial charge in [-0.2, -0.15) is 0 Å². The fourth-order valence-corrected chi connectivity index (χ4v) is 3.77. The van der Waals surface area contributed by atoms with Crippen molar-refractivity contribution in [2.45, 2.75) is 4.21 Å². The predicted octanol–water partition coefficient (Wildman–Crippen LogP) is 5.29. The molecule has 6 heteroatoms. The lowest BCUT2D eigenvalue weighted by Gasteiger charge is -2.09. The topological polar surface area (TPSA) is 71.1 Å². The van der Waals surface area contributed by atoms with E-state index >= 15 is 0 Å². The number of nitrogens with one attached hydrogen (secondary N) is 2. The Morgan fingerprint density at radius 3 is 2.38 bits per heavy atom. The molecule has 1 heterocycles. The maximum absolute atomic E-state index is 7.57. The molecule has 3 rings (SSSR count). The van der Waals surface area contributed by atoms with Gasteiger partial charge in [0.05, 0.1) is 14.8 Å². The predicted molar refractivity (Wildman–Crippen MR) is 103 cm³/mol. The molecule has 0 aliphatic heterocycles. The van der Waals surface area contributed by atoms with Gasteiger partial charge in [0, 0.05) is 5.69 Å². The van der Waals surface area contributed by atoms with E-state index in [-0.39, 0.29) is 5.84 Å². The minimum absolute atomic E-state index is 0.0926. The Balaban J connectivity index is 1.73. The van der Waals surface area contributed by atoms with Gasteiger partial charge in [-0.05, 0) is 48.7 Å². The average Bonchev–Trinajstić information content (AvgIpc) is 3.01. The van der Waals surface area contributed by atoms with E-state index < -0.39 is 0 Å². The lowest BCUT2D eigenvalue weighted by molar-refractivity contribution is 0.483. The molecule has 0 bridgehead atoms. The zero-order valence-electron chi connectivity index (χ0n) is 13.1. The van der Waals surface area contributed by atoms with Gasteiger partial charge >= 0.3 is 0 Å². The molecule has 24 heavy (non-hydrogen) atoms. The van der Waals surface area contributed by atoms with Crippen LogP contribution in [0.1, 0.15) is 4.88 Å². The van der Waals surface area contributed by atoms with Crippen molar-refractivity contribution in [2.24, 2.45) is 5.73 Å². The van der Waals surface area contributed by atoms with Crippen LogP contribution in [0.2, 0.25) is 0 Å². The molecular weight excluding hydrogens is 338 g/mol. The van der Waals surface area contributed by atoms with Crippen molar-refractivity contribution in [3.05, 3.63) is 65.5 Å². The summed E-state index contributed by atoms with van der Waals surface area (Å²) in [6.45, 7) is 0. The second kappa shape index (κ2) is 7.42. The third-order valence-electron chi connectivity index (χ3n) is 3.26. The molecule has 3 aromatic rings.